The Hall–Kier alpha value is -3.52. The molecule has 0 radical (unpaired) electrons. The number of rotatable bonds is 6. The summed E-state index contributed by atoms with van der Waals surface area (Å²) in [6, 6.07) is 13.4. The smallest absolute Gasteiger partial charge is 0.276 e. The van der Waals surface area contributed by atoms with Crippen LogP contribution in [0.2, 0.25) is 0 Å². The van der Waals surface area contributed by atoms with Gasteiger partial charge in [-0.2, -0.15) is 5.10 Å². The van der Waals surface area contributed by atoms with Crippen LogP contribution in [0.4, 0.5) is 10.1 Å². The number of hydrogen-bond donors (Lipinski definition) is 1. The van der Waals surface area contributed by atoms with Gasteiger partial charge < -0.3 is 10.1 Å². The second kappa shape index (κ2) is 8.31. The van der Waals surface area contributed by atoms with Crippen LogP contribution in [0.3, 0.4) is 0 Å². The van der Waals surface area contributed by atoms with Gasteiger partial charge in [0.25, 0.3) is 5.91 Å². The lowest BCUT2D eigenvalue weighted by Gasteiger charge is -2.11. The molecule has 4 aromatic rings. The lowest BCUT2D eigenvalue weighted by molar-refractivity contribution is 0.102. The van der Waals surface area contributed by atoms with Gasteiger partial charge in [-0.1, -0.05) is 12.1 Å². The van der Waals surface area contributed by atoms with Crippen molar-refractivity contribution in [3.05, 3.63) is 87.9 Å². The Morgan fingerprint density at radius 2 is 2.00 bits per heavy atom. The number of ether oxygens (including phenoxy) is 1. The van der Waals surface area contributed by atoms with Gasteiger partial charge in [0, 0.05) is 16.6 Å². The zero-order chi connectivity index (χ0) is 21.2. The molecule has 8 heteroatoms. The quantitative estimate of drug-likeness (QED) is 0.474. The van der Waals surface area contributed by atoms with Crippen LogP contribution < -0.4 is 10.1 Å². The minimum absolute atomic E-state index is 0.288. The topological polar surface area (TPSA) is 69.0 Å². The van der Waals surface area contributed by atoms with Gasteiger partial charge in [-0.05, 0) is 55.7 Å². The number of thiazole rings is 1. The molecule has 0 atom stereocenters. The first-order valence-electron chi connectivity index (χ1n) is 9.96. The van der Waals surface area contributed by atoms with E-state index in [9.17, 15) is 9.18 Å². The summed E-state index contributed by atoms with van der Waals surface area (Å²) in [7, 11) is 0. The molecule has 1 N–H and O–H groups in total. The van der Waals surface area contributed by atoms with Crippen LogP contribution in [-0.2, 0) is 19.4 Å². The van der Waals surface area contributed by atoms with Crippen molar-refractivity contribution < 1.29 is 13.9 Å². The van der Waals surface area contributed by atoms with Gasteiger partial charge in [0.05, 0.1) is 22.6 Å². The first-order valence-corrected chi connectivity index (χ1v) is 10.9. The average molecular weight is 434 g/mol. The van der Waals surface area contributed by atoms with Crippen LogP contribution in [0.25, 0.3) is 5.69 Å². The number of amides is 1. The summed E-state index contributed by atoms with van der Waals surface area (Å²) >= 11 is 1.51. The van der Waals surface area contributed by atoms with Crippen LogP contribution in [-0.4, -0.2) is 20.7 Å². The number of benzene rings is 2. The van der Waals surface area contributed by atoms with Gasteiger partial charge in [0.2, 0.25) is 0 Å². The summed E-state index contributed by atoms with van der Waals surface area (Å²) in [6.45, 7) is 0.324. The molecule has 2 aromatic heterocycles. The second-order valence-electron chi connectivity index (χ2n) is 7.23. The second-order valence-corrected chi connectivity index (χ2v) is 7.95. The van der Waals surface area contributed by atoms with E-state index in [1.165, 1.54) is 23.5 Å². The maximum atomic E-state index is 13.3. The van der Waals surface area contributed by atoms with Gasteiger partial charge >= 0.3 is 0 Å². The van der Waals surface area contributed by atoms with Gasteiger partial charge in [-0.25, -0.2) is 14.1 Å². The molecular formula is C23H19FN4O2S. The molecule has 2 aromatic carbocycles. The minimum Gasteiger partial charge on any atom is -0.485 e. The zero-order valence-electron chi connectivity index (χ0n) is 16.5. The number of carbonyl (C=O) groups is 1. The van der Waals surface area contributed by atoms with Crippen LogP contribution in [0.15, 0.2) is 59.4 Å². The van der Waals surface area contributed by atoms with Crippen LogP contribution >= 0.6 is 11.3 Å². The normalized spacial score (nSPS) is 12.5. The van der Waals surface area contributed by atoms with Gasteiger partial charge in [0.1, 0.15) is 18.2 Å². The predicted octanol–water partition coefficient (Wildman–Crippen LogP) is 4.79. The number of nitrogens with zero attached hydrogens (tertiary/aromatic N) is 3. The Kier molecular flexibility index (Phi) is 5.21. The molecule has 0 fully saturated rings. The Morgan fingerprint density at radius 3 is 2.81 bits per heavy atom. The van der Waals surface area contributed by atoms with E-state index in [1.807, 2.05) is 23.6 Å². The fourth-order valence-electron chi connectivity index (χ4n) is 3.75. The molecule has 5 rings (SSSR count). The highest BCUT2D eigenvalue weighted by atomic mass is 32.1. The summed E-state index contributed by atoms with van der Waals surface area (Å²) in [5.41, 5.74) is 6.25. The molecule has 0 saturated carbocycles. The third kappa shape index (κ3) is 3.94. The molecule has 1 aliphatic carbocycles. The molecule has 0 spiro atoms. The van der Waals surface area contributed by atoms with E-state index in [0.29, 0.717) is 23.7 Å². The Morgan fingerprint density at radius 1 is 1.16 bits per heavy atom. The highest BCUT2D eigenvalue weighted by molar-refractivity contribution is 7.07. The lowest BCUT2D eigenvalue weighted by atomic mass is 10.2. The number of hydrogen-bond acceptors (Lipinski definition) is 5. The Balaban J connectivity index is 1.40. The first-order chi connectivity index (χ1) is 15.2. The van der Waals surface area contributed by atoms with E-state index < -0.39 is 0 Å². The number of halogens is 1. The fraction of sp³-hybridized carbons (Fsp3) is 0.174. The molecule has 6 nitrogen and oxygen atoms in total. The van der Waals surface area contributed by atoms with E-state index in [0.717, 1.165) is 41.9 Å². The number of nitrogens with one attached hydrogen (secondary N) is 1. The lowest BCUT2D eigenvalue weighted by Crippen LogP contribution is -2.15. The molecule has 0 aliphatic heterocycles. The Labute approximate surface area is 182 Å². The van der Waals surface area contributed by atoms with E-state index in [1.54, 1.807) is 28.4 Å². The third-order valence-corrected chi connectivity index (χ3v) is 5.85. The van der Waals surface area contributed by atoms with E-state index >= 15 is 0 Å². The number of aromatic nitrogens is 3. The number of carbonyl (C=O) groups excluding carboxylic acids is 1. The van der Waals surface area contributed by atoms with E-state index in [-0.39, 0.29) is 11.7 Å². The highest BCUT2D eigenvalue weighted by Crippen LogP contribution is 2.30. The fourth-order valence-corrected chi connectivity index (χ4v) is 4.30. The maximum Gasteiger partial charge on any atom is 0.276 e. The zero-order valence-corrected chi connectivity index (χ0v) is 17.4. The van der Waals surface area contributed by atoms with Crippen molar-refractivity contribution in [2.75, 3.05) is 5.32 Å². The van der Waals surface area contributed by atoms with E-state index in [2.05, 4.69) is 15.4 Å². The van der Waals surface area contributed by atoms with Crippen LogP contribution in [0.1, 0.15) is 33.9 Å². The molecule has 1 amide bonds. The standard InChI is InChI=1S/C23H19FN4O2S/c24-15-8-10-17(11-9-15)28-20-6-3-4-18(20)22(27-28)23(29)26-19-5-1-2-7-21(19)30-12-16-13-31-14-25-16/h1-2,5,7-11,13-14H,3-4,6,12H2,(H,26,29). The largest absolute Gasteiger partial charge is 0.485 e. The molecule has 156 valence electrons. The molecule has 0 bridgehead atoms. The first kappa shape index (κ1) is 19.4. The number of fused-ring (bicyclic) bond motifs is 1. The van der Waals surface area contributed by atoms with Crippen molar-refractivity contribution in [3.8, 4) is 11.4 Å². The average Bonchev–Trinajstić information content (AvgIpc) is 3.52. The van der Waals surface area contributed by atoms with Crippen molar-refractivity contribution >= 4 is 22.9 Å². The maximum absolute atomic E-state index is 13.3. The Bertz CT molecular complexity index is 1220. The SMILES string of the molecule is O=C(Nc1ccccc1OCc1cscn1)c1nn(-c2ccc(F)cc2)c2c1CCC2. The van der Waals surface area contributed by atoms with E-state index in [4.69, 9.17) is 4.74 Å². The van der Waals surface area contributed by atoms with Gasteiger partial charge in [0.15, 0.2) is 5.69 Å². The molecule has 2 heterocycles. The summed E-state index contributed by atoms with van der Waals surface area (Å²) in [5, 5.41) is 9.44. The van der Waals surface area contributed by atoms with Crippen molar-refractivity contribution in [3.63, 3.8) is 0 Å². The van der Waals surface area contributed by atoms with Crippen LogP contribution in [0, 0.1) is 5.82 Å². The van der Waals surface area contributed by atoms with Crippen molar-refractivity contribution in [1.29, 1.82) is 0 Å². The third-order valence-electron chi connectivity index (χ3n) is 5.21. The summed E-state index contributed by atoms with van der Waals surface area (Å²) in [5.74, 6) is -0.0260. The van der Waals surface area contributed by atoms with Gasteiger partial charge in [-0.3, -0.25) is 4.79 Å². The molecule has 31 heavy (non-hydrogen) atoms. The highest BCUT2D eigenvalue weighted by Gasteiger charge is 2.27. The van der Waals surface area contributed by atoms with Crippen molar-refractivity contribution in [2.24, 2.45) is 0 Å². The summed E-state index contributed by atoms with van der Waals surface area (Å²) < 4.78 is 21.0. The molecular weight excluding hydrogens is 415 g/mol. The molecule has 0 unspecified atom stereocenters. The number of anilines is 1. The molecule has 1 aliphatic rings. The van der Waals surface area contributed by atoms with Crippen LogP contribution in [0.5, 0.6) is 5.75 Å². The van der Waals surface area contributed by atoms with Gasteiger partial charge in [-0.15, -0.1) is 11.3 Å². The van der Waals surface area contributed by atoms with Crippen molar-refractivity contribution in [1.82, 2.24) is 14.8 Å². The minimum atomic E-state index is -0.306. The predicted molar refractivity (Wildman–Crippen MR) is 116 cm³/mol. The summed E-state index contributed by atoms with van der Waals surface area (Å²) in [4.78, 5) is 17.4. The molecule has 0 saturated heterocycles. The van der Waals surface area contributed by atoms with Crippen molar-refractivity contribution in [2.45, 2.75) is 25.9 Å². The monoisotopic (exact) mass is 434 g/mol. The number of para-hydroxylation sites is 2. The summed E-state index contributed by atoms with van der Waals surface area (Å²) in [6.07, 6.45) is 2.59.